The fraction of sp³-hybridized carbons (Fsp3) is 0.300. The predicted molar refractivity (Wildman–Crippen MR) is 53.7 cm³/mol. The van der Waals surface area contributed by atoms with Crippen molar-refractivity contribution in [1.82, 2.24) is 4.98 Å². The summed E-state index contributed by atoms with van der Waals surface area (Å²) in [5, 5.41) is 0. The highest BCUT2D eigenvalue weighted by atomic mass is 16.5. The van der Waals surface area contributed by atoms with Gasteiger partial charge in [-0.1, -0.05) is 12.2 Å². The van der Waals surface area contributed by atoms with Crippen molar-refractivity contribution in [3.05, 3.63) is 30.0 Å². The molecular weight excluding hydrogens is 164 g/mol. The van der Waals surface area contributed by atoms with E-state index in [4.69, 9.17) is 10.5 Å². The van der Waals surface area contributed by atoms with Gasteiger partial charge in [0.2, 0.25) is 5.88 Å². The summed E-state index contributed by atoms with van der Waals surface area (Å²) in [4.78, 5) is 4.07. The lowest BCUT2D eigenvalue weighted by atomic mass is 10.3. The fourth-order valence-electron chi connectivity index (χ4n) is 0.958. The number of ether oxygens (including phenoxy) is 1. The molecule has 70 valence electrons. The maximum atomic E-state index is 5.55. The molecule has 0 atom stereocenters. The Morgan fingerprint density at radius 2 is 2.38 bits per heavy atom. The summed E-state index contributed by atoms with van der Waals surface area (Å²) in [6.07, 6.45) is 5.46. The Morgan fingerprint density at radius 1 is 1.62 bits per heavy atom. The van der Waals surface area contributed by atoms with Gasteiger partial charge in [0.25, 0.3) is 0 Å². The molecule has 1 rings (SSSR count). The van der Waals surface area contributed by atoms with Gasteiger partial charge in [-0.05, 0) is 19.9 Å². The molecule has 0 bridgehead atoms. The van der Waals surface area contributed by atoms with Gasteiger partial charge in [-0.3, -0.25) is 0 Å². The third-order valence-electron chi connectivity index (χ3n) is 1.60. The van der Waals surface area contributed by atoms with Crippen molar-refractivity contribution < 1.29 is 4.74 Å². The number of nitrogens with zero attached hydrogens (tertiary/aromatic N) is 1. The SMILES string of the molecule is C/C=C/COc1ncc(N)cc1C. The van der Waals surface area contributed by atoms with Crippen molar-refractivity contribution in [1.29, 1.82) is 0 Å². The Hall–Kier alpha value is -1.51. The topological polar surface area (TPSA) is 48.1 Å². The van der Waals surface area contributed by atoms with Crippen molar-refractivity contribution in [2.24, 2.45) is 0 Å². The normalized spacial score (nSPS) is 10.6. The maximum Gasteiger partial charge on any atom is 0.216 e. The summed E-state index contributed by atoms with van der Waals surface area (Å²) in [5.74, 6) is 0.646. The Bertz CT molecular complexity index is 308. The van der Waals surface area contributed by atoms with Crippen LogP contribution in [0.15, 0.2) is 24.4 Å². The minimum Gasteiger partial charge on any atom is -0.473 e. The van der Waals surface area contributed by atoms with E-state index < -0.39 is 0 Å². The van der Waals surface area contributed by atoms with Gasteiger partial charge in [0.05, 0.1) is 11.9 Å². The molecule has 1 aromatic heterocycles. The van der Waals surface area contributed by atoms with Crippen molar-refractivity contribution in [3.63, 3.8) is 0 Å². The first-order valence-electron chi connectivity index (χ1n) is 4.20. The fourth-order valence-corrected chi connectivity index (χ4v) is 0.958. The summed E-state index contributed by atoms with van der Waals surface area (Å²) in [7, 11) is 0. The Kier molecular flexibility index (Phi) is 3.31. The van der Waals surface area contributed by atoms with Gasteiger partial charge < -0.3 is 10.5 Å². The van der Waals surface area contributed by atoms with E-state index in [2.05, 4.69) is 4.98 Å². The molecule has 3 nitrogen and oxygen atoms in total. The van der Waals surface area contributed by atoms with Crippen molar-refractivity contribution in [2.45, 2.75) is 13.8 Å². The Labute approximate surface area is 78.2 Å². The molecule has 0 radical (unpaired) electrons. The van der Waals surface area contributed by atoms with Crippen LogP contribution in [0, 0.1) is 6.92 Å². The summed E-state index contributed by atoms with van der Waals surface area (Å²) >= 11 is 0. The standard InChI is InChI=1S/C10H14N2O/c1-3-4-5-13-10-8(2)6-9(11)7-12-10/h3-4,6-7H,5,11H2,1-2H3/b4-3+. The number of hydrogen-bond acceptors (Lipinski definition) is 3. The molecule has 0 saturated heterocycles. The van der Waals surface area contributed by atoms with E-state index in [-0.39, 0.29) is 0 Å². The van der Waals surface area contributed by atoms with Gasteiger partial charge in [0.1, 0.15) is 6.61 Å². The largest absolute Gasteiger partial charge is 0.473 e. The van der Waals surface area contributed by atoms with E-state index in [9.17, 15) is 0 Å². The molecule has 0 aliphatic rings. The Morgan fingerprint density at radius 3 is 3.00 bits per heavy atom. The number of allylic oxidation sites excluding steroid dienone is 1. The first-order chi connectivity index (χ1) is 6.24. The summed E-state index contributed by atoms with van der Waals surface area (Å²) in [5.41, 5.74) is 7.18. The van der Waals surface area contributed by atoms with Crippen molar-refractivity contribution >= 4 is 5.69 Å². The highest BCUT2D eigenvalue weighted by Crippen LogP contribution is 2.15. The molecule has 0 aromatic carbocycles. The van der Waals surface area contributed by atoms with Crippen LogP contribution in [-0.2, 0) is 0 Å². The van der Waals surface area contributed by atoms with Gasteiger partial charge in [0, 0.05) is 5.56 Å². The molecule has 0 saturated carbocycles. The lowest BCUT2D eigenvalue weighted by molar-refractivity contribution is 0.345. The van der Waals surface area contributed by atoms with E-state index in [0.717, 1.165) is 5.56 Å². The lowest BCUT2D eigenvalue weighted by Crippen LogP contribution is -1.99. The molecule has 13 heavy (non-hydrogen) atoms. The van der Waals surface area contributed by atoms with E-state index in [1.807, 2.05) is 32.1 Å². The zero-order valence-electron chi connectivity index (χ0n) is 7.95. The summed E-state index contributed by atoms with van der Waals surface area (Å²) < 4.78 is 5.38. The number of aromatic nitrogens is 1. The van der Waals surface area contributed by atoms with Crippen LogP contribution in [0.1, 0.15) is 12.5 Å². The van der Waals surface area contributed by atoms with Crippen LogP contribution in [0.3, 0.4) is 0 Å². The molecular formula is C10H14N2O. The molecule has 0 fully saturated rings. The van der Waals surface area contributed by atoms with E-state index >= 15 is 0 Å². The van der Waals surface area contributed by atoms with Crippen LogP contribution in [0.2, 0.25) is 0 Å². The van der Waals surface area contributed by atoms with Crippen LogP contribution in [-0.4, -0.2) is 11.6 Å². The van der Waals surface area contributed by atoms with Gasteiger partial charge in [-0.25, -0.2) is 4.98 Å². The molecule has 2 N–H and O–H groups in total. The lowest BCUT2D eigenvalue weighted by Gasteiger charge is -2.05. The number of pyridine rings is 1. The first-order valence-corrected chi connectivity index (χ1v) is 4.20. The van der Waals surface area contributed by atoms with Crippen LogP contribution in [0.4, 0.5) is 5.69 Å². The number of aryl methyl sites for hydroxylation is 1. The zero-order valence-corrected chi connectivity index (χ0v) is 7.95. The highest BCUT2D eigenvalue weighted by Gasteiger charge is 1.99. The zero-order chi connectivity index (χ0) is 9.68. The minimum absolute atomic E-state index is 0.550. The maximum absolute atomic E-state index is 5.55. The molecule has 0 aliphatic heterocycles. The van der Waals surface area contributed by atoms with E-state index in [1.165, 1.54) is 0 Å². The second kappa shape index (κ2) is 4.50. The predicted octanol–water partition coefficient (Wildman–Crippen LogP) is 1.93. The van der Waals surface area contributed by atoms with Crippen LogP contribution in [0.25, 0.3) is 0 Å². The molecule has 1 heterocycles. The molecule has 0 spiro atoms. The quantitative estimate of drug-likeness (QED) is 0.719. The third kappa shape index (κ3) is 2.78. The average Bonchev–Trinajstić information content (AvgIpc) is 2.09. The number of nitrogen functional groups attached to an aromatic ring is 1. The molecule has 0 unspecified atom stereocenters. The second-order valence-corrected chi connectivity index (χ2v) is 2.77. The van der Waals surface area contributed by atoms with Gasteiger partial charge in [-0.2, -0.15) is 0 Å². The Balaban J connectivity index is 2.66. The van der Waals surface area contributed by atoms with Gasteiger partial charge in [0.15, 0.2) is 0 Å². The minimum atomic E-state index is 0.550. The first kappa shape index (κ1) is 9.58. The summed E-state index contributed by atoms with van der Waals surface area (Å²) in [6.45, 7) is 4.43. The molecule has 0 amide bonds. The van der Waals surface area contributed by atoms with Gasteiger partial charge >= 0.3 is 0 Å². The summed E-state index contributed by atoms with van der Waals surface area (Å²) in [6, 6.07) is 1.85. The smallest absolute Gasteiger partial charge is 0.216 e. The molecule has 0 aliphatic carbocycles. The van der Waals surface area contributed by atoms with E-state index in [1.54, 1.807) is 6.20 Å². The molecule has 3 heteroatoms. The molecule has 1 aromatic rings. The van der Waals surface area contributed by atoms with Crippen LogP contribution in [0.5, 0.6) is 5.88 Å². The second-order valence-electron chi connectivity index (χ2n) is 2.77. The van der Waals surface area contributed by atoms with Gasteiger partial charge in [-0.15, -0.1) is 0 Å². The van der Waals surface area contributed by atoms with Crippen molar-refractivity contribution in [3.8, 4) is 5.88 Å². The average molecular weight is 178 g/mol. The van der Waals surface area contributed by atoms with Crippen LogP contribution >= 0.6 is 0 Å². The number of nitrogens with two attached hydrogens (primary N) is 1. The highest BCUT2D eigenvalue weighted by molar-refractivity contribution is 5.41. The van der Waals surface area contributed by atoms with E-state index in [0.29, 0.717) is 18.2 Å². The van der Waals surface area contributed by atoms with Crippen LogP contribution < -0.4 is 10.5 Å². The number of hydrogen-bond donors (Lipinski definition) is 1. The van der Waals surface area contributed by atoms with Crippen molar-refractivity contribution in [2.75, 3.05) is 12.3 Å². The number of rotatable bonds is 3. The monoisotopic (exact) mass is 178 g/mol. The number of anilines is 1. The third-order valence-corrected chi connectivity index (χ3v) is 1.60.